The lowest BCUT2D eigenvalue weighted by Gasteiger charge is -2.31. The van der Waals surface area contributed by atoms with Crippen molar-refractivity contribution in [1.82, 2.24) is 0 Å². The fourth-order valence-electron chi connectivity index (χ4n) is 10.7. The van der Waals surface area contributed by atoms with Gasteiger partial charge in [0.15, 0.2) is 0 Å². The van der Waals surface area contributed by atoms with Crippen LogP contribution in [0.3, 0.4) is 0 Å². The summed E-state index contributed by atoms with van der Waals surface area (Å²) in [6, 6.07) is 74.9. The first-order chi connectivity index (χ1) is 29.2. The van der Waals surface area contributed by atoms with Gasteiger partial charge in [0, 0.05) is 22.2 Å². The number of fused-ring (bicyclic) bond motifs is 5. The highest BCUT2D eigenvalue weighted by molar-refractivity contribution is 6.05. The molecule has 9 aromatic carbocycles. The van der Waals surface area contributed by atoms with Gasteiger partial charge in [0.1, 0.15) is 0 Å². The van der Waals surface area contributed by atoms with E-state index in [4.69, 9.17) is 0 Å². The summed E-state index contributed by atoms with van der Waals surface area (Å²) in [5, 5.41) is 5.18. The standard InChI is InChI=1S/C58H47N/c1-58(44-25-6-3-7-26-44)52-33-13-10-29-51(52)57-50(32-18-34-53(57)58)48-28-12-15-36-55(48)59(45-38-37-40-19-8-9-22-43(40)39-45)54-35-14-11-27-47(54)49-31-17-24-42-23-16-30-46(56(42)49)41-20-4-2-5-21-41/h3,6-19,22-39,41H,2,4-5,20-21H2,1H3. The van der Waals surface area contributed by atoms with Crippen molar-refractivity contribution in [3.05, 3.63) is 222 Å². The number of para-hydroxylation sites is 2. The molecule has 1 fully saturated rings. The molecule has 0 aliphatic heterocycles. The van der Waals surface area contributed by atoms with Crippen LogP contribution in [-0.4, -0.2) is 0 Å². The fourth-order valence-corrected chi connectivity index (χ4v) is 10.7. The minimum absolute atomic E-state index is 0.285. The number of hydrogen-bond donors (Lipinski definition) is 0. The monoisotopic (exact) mass is 757 g/mol. The largest absolute Gasteiger partial charge is 0.309 e. The third-order valence-corrected chi connectivity index (χ3v) is 13.5. The minimum Gasteiger partial charge on any atom is -0.309 e. The Bertz CT molecular complexity index is 3000. The van der Waals surface area contributed by atoms with E-state index in [2.05, 4.69) is 212 Å². The van der Waals surface area contributed by atoms with Crippen molar-refractivity contribution < 1.29 is 0 Å². The Kier molecular flexibility index (Phi) is 8.77. The Morgan fingerprint density at radius 2 is 0.983 bits per heavy atom. The summed E-state index contributed by atoms with van der Waals surface area (Å²) in [7, 11) is 0. The zero-order valence-corrected chi connectivity index (χ0v) is 33.6. The summed E-state index contributed by atoms with van der Waals surface area (Å²) in [4.78, 5) is 2.54. The zero-order chi connectivity index (χ0) is 39.3. The second-order valence-electron chi connectivity index (χ2n) is 16.8. The number of rotatable bonds is 7. The molecule has 11 rings (SSSR count). The van der Waals surface area contributed by atoms with Gasteiger partial charge in [-0.15, -0.1) is 0 Å². The Hall–Kier alpha value is -6.70. The van der Waals surface area contributed by atoms with Gasteiger partial charge >= 0.3 is 0 Å². The predicted octanol–water partition coefficient (Wildman–Crippen LogP) is 16.2. The van der Waals surface area contributed by atoms with Gasteiger partial charge in [-0.1, -0.05) is 195 Å². The van der Waals surface area contributed by atoms with Crippen molar-refractivity contribution >= 4 is 38.6 Å². The van der Waals surface area contributed by atoms with Crippen molar-refractivity contribution in [2.24, 2.45) is 0 Å². The third kappa shape index (κ3) is 5.83. The van der Waals surface area contributed by atoms with E-state index in [0.29, 0.717) is 5.92 Å². The summed E-state index contributed by atoms with van der Waals surface area (Å²) >= 11 is 0. The van der Waals surface area contributed by atoms with Crippen LogP contribution in [0.15, 0.2) is 200 Å². The van der Waals surface area contributed by atoms with Gasteiger partial charge in [0.25, 0.3) is 0 Å². The number of hydrogen-bond acceptors (Lipinski definition) is 1. The lowest BCUT2D eigenvalue weighted by molar-refractivity contribution is 0.445. The summed E-state index contributed by atoms with van der Waals surface area (Å²) in [6.07, 6.45) is 6.49. The van der Waals surface area contributed by atoms with Crippen LogP contribution >= 0.6 is 0 Å². The van der Waals surface area contributed by atoms with E-state index in [-0.39, 0.29) is 5.41 Å². The average Bonchev–Trinajstić information content (AvgIpc) is 3.58. The Balaban J connectivity index is 1.17. The van der Waals surface area contributed by atoms with Gasteiger partial charge in [-0.25, -0.2) is 0 Å². The molecule has 59 heavy (non-hydrogen) atoms. The van der Waals surface area contributed by atoms with E-state index >= 15 is 0 Å². The summed E-state index contributed by atoms with van der Waals surface area (Å²) in [5.41, 5.74) is 16.3. The summed E-state index contributed by atoms with van der Waals surface area (Å²) < 4.78 is 0. The Morgan fingerprint density at radius 1 is 0.424 bits per heavy atom. The molecule has 0 spiro atoms. The molecule has 1 saturated carbocycles. The van der Waals surface area contributed by atoms with E-state index < -0.39 is 0 Å². The molecule has 1 atom stereocenters. The van der Waals surface area contributed by atoms with Gasteiger partial charge in [0.2, 0.25) is 0 Å². The molecule has 1 nitrogen and oxygen atoms in total. The van der Waals surface area contributed by atoms with Gasteiger partial charge in [-0.2, -0.15) is 0 Å². The van der Waals surface area contributed by atoms with Crippen LogP contribution in [0.2, 0.25) is 0 Å². The highest BCUT2D eigenvalue weighted by Gasteiger charge is 2.42. The fraction of sp³-hybridized carbons (Fsp3) is 0.138. The molecular weight excluding hydrogens is 711 g/mol. The molecule has 9 aromatic rings. The van der Waals surface area contributed by atoms with Crippen LogP contribution in [0.25, 0.3) is 54.9 Å². The lowest BCUT2D eigenvalue weighted by Crippen LogP contribution is -2.22. The van der Waals surface area contributed by atoms with E-state index in [0.717, 1.165) is 11.4 Å². The Labute approximate surface area is 348 Å². The second-order valence-corrected chi connectivity index (χ2v) is 16.8. The minimum atomic E-state index is -0.285. The maximum atomic E-state index is 2.54. The van der Waals surface area contributed by atoms with Crippen molar-refractivity contribution in [3.8, 4) is 33.4 Å². The third-order valence-electron chi connectivity index (χ3n) is 13.5. The molecule has 1 unspecified atom stereocenters. The van der Waals surface area contributed by atoms with Crippen molar-refractivity contribution in [1.29, 1.82) is 0 Å². The van der Waals surface area contributed by atoms with Crippen LogP contribution in [0.4, 0.5) is 17.1 Å². The first-order valence-electron chi connectivity index (χ1n) is 21.5. The highest BCUT2D eigenvalue weighted by atomic mass is 15.1. The average molecular weight is 758 g/mol. The molecule has 0 N–H and O–H groups in total. The molecule has 2 aliphatic carbocycles. The molecule has 0 aromatic heterocycles. The molecular formula is C58H47N. The van der Waals surface area contributed by atoms with Gasteiger partial charge < -0.3 is 4.90 Å². The predicted molar refractivity (Wildman–Crippen MR) is 250 cm³/mol. The summed E-state index contributed by atoms with van der Waals surface area (Å²) in [6.45, 7) is 2.41. The maximum absolute atomic E-state index is 2.54. The van der Waals surface area contributed by atoms with E-state index in [1.54, 1.807) is 0 Å². The quantitative estimate of drug-likeness (QED) is 0.156. The molecule has 0 radical (unpaired) electrons. The molecule has 1 heteroatoms. The number of benzene rings is 9. The Morgan fingerprint density at radius 3 is 1.76 bits per heavy atom. The van der Waals surface area contributed by atoms with Crippen LogP contribution in [0, 0.1) is 0 Å². The van der Waals surface area contributed by atoms with Gasteiger partial charge in [-0.3, -0.25) is 0 Å². The smallest absolute Gasteiger partial charge is 0.0540 e. The highest BCUT2D eigenvalue weighted by Crippen LogP contribution is 2.56. The lowest BCUT2D eigenvalue weighted by atomic mass is 9.74. The van der Waals surface area contributed by atoms with Crippen molar-refractivity contribution in [2.75, 3.05) is 4.90 Å². The molecule has 0 saturated heterocycles. The SMILES string of the molecule is CC1(c2ccccc2)c2ccccc2-c2c(-c3ccccc3N(c3ccc4ccccc4c3)c3ccccc3-c3cccc4cccc(C5CCCCC5)c34)cccc21. The zero-order valence-electron chi connectivity index (χ0n) is 33.6. The van der Waals surface area contributed by atoms with E-state index in [9.17, 15) is 0 Å². The maximum Gasteiger partial charge on any atom is 0.0540 e. The number of nitrogens with zero attached hydrogens (tertiary/aromatic N) is 1. The van der Waals surface area contributed by atoms with Crippen LogP contribution in [0.1, 0.15) is 67.2 Å². The first kappa shape index (κ1) is 35.5. The van der Waals surface area contributed by atoms with E-state index in [1.165, 1.54) is 115 Å². The normalized spacial score (nSPS) is 16.2. The molecule has 284 valence electrons. The summed E-state index contributed by atoms with van der Waals surface area (Å²) in [5.74, 6) is 0.586. The number of anilines is 3. The van der Waals surface area contributed by atoms with Crippen molar-refractivity contribution in [3.63, 3.8) is 0 Å². The van der Waals surface area contributed by atoms with Gasteiger partial charge in [-0.05, 0) is 116 Å². The molecule has 0 heterocycles. The van der Waals surface area contributed by atoms with Crippen LogP contribution < -0.4 is 4.90 Å². The van der Waals surface area contributed by atoms with Crippen LogP contribution in [0.5, 0.6) is 0 Å². The van der Waals surface area contributed by atoms with E-state index in [1.807, 2.05) is 0 Å². The van der Waals surface area contributed by atoms with Crippen molar-refractivity contribution in [2.45, 2.75) is 50.4 Å². The first-order valence-corrected chi connectivity index (χ1v) is 21.5. The second kappa shape index (κ2) is 14.6. The van der Waals surface area contributed by atoms with Crippen LogP contribution in [-0.2, 0) is 5.41 Å². The molecule has 2 aliphatic rings. The molecule has 0 bridgehead atoms. The van der Waals surface area contributed by atoms with Gasteiger partial charge in [0.05, 0.1) is 11.4 Å². The topological polar surface area (TPSA) is 3.24 Å². The molecule has 0 amide bonds.